The Morgan fingerprint density at radius 3 is 2.50 bits per heavy atom. The van der Waals surface area contributed by atoms with Crippen molar-refractivity contribution >= 4 is 39.2 Å². The highest BCUT2D eigenvalue weighted by molar-refractivity contribution is 7.89. The van der Waals surface area contributed by atoms with Crippen LogP contribution in [-0.2, 0) is 19.6 Å². The Morgan fingerprint density at radius 2 is 1.79 bits per heavy atom. The number of ether oxygens (including phenoxy) is 1. The summed E-state index contributed by atoms with van der Waals surface area (Å²) in [5.41, 5.74) is 0.467. The van der Waals surface area contributed by atoms with Crippen LogP contribution in [0.15, 0.2) is 53.4 Å². The molecule has 1 N–H and O–H groups in total. The van der Waals surface area contributed by atoms with E-state index in [0.717, 1.165) is 12.8 Å². The molecule has 1 saturated heterocycles. The number of sulfonamides is 1. The summed E-state index contributed by atoms with van der Waals surface area (Å²) in [6.07, 6.45) is 1.64. The van der Waals surface area contributed by atoms with Gasteiger partial charge >= 0.3 is 5.97 Å². The first-order valence-electron chi connectivity index (χ1n) is 8.69. The van der Waals surface area contributed by atoms with Crippen molar-refractivity contribution in [2.75, 3.05) is 25.0 Å². The Labute approximate surface area is 168 Å². The minimum Gasteiger partial charge on any atom is -0.452 e. The van der Waals surface area contributed by atoms with Crippen LogP contribution in [0.2, 0.25) is 5.02 Å². The van der Waals surface area contributed by atoms with Crippen molar-refractivity contribution in [3.8, 4) is 0 Å². The number of amides is 1. The fraction of sp³-hybridized carbons (Fsp3) is 0.263. The van der Waals surface area contributed by atoms with Gasteiger partial charge in [0.1, 0.15) is 0 Å². The monoisotopic (exact) mass is 422 g/mol. The van der Waals surface area contributed by atoms with Crippen molar-refractivity contribution in [1.82, 2.24) is 4.31 Å². The third kappa shape index (κ3) is 4.70. The van der Waals surface area contributed by atoms with Gasteiger partial charge in [0.15, 0.2) is 6.61 Å². The molecule has 0 atom stereocenters. The van der Waals surface area contributed by atoms with Crippen LogP contribution < -0.4 is 5.32 Å². The molecule has 148 valence electrons. The molecule has 28 heavy (non-hydrogen) atoms. The molecule has 0 aliphatic carbocycles. The average molecular weight is 423 g/mol. The SMILES string of the molecule is O=C(COC(=O)c1cccc(S(=O)(=O)N2CCCC2)c1)Nc1ccccc1Cl. The topological polar surface area (TPSA) is 92.8 Å². The van der Waals surface area contributed by atoms with E-state index in [4.69, 9.17) is 16.3 Å². The molecule has 0 radical (unpaired) electrons. The van der Waals surface area contributed by atoms with Crippen molar-refractivity contribution in [1.29, 1.82) is 0 Å². The van der Waals surface area contributed by atoms with Crippen LogP contribution in [0.3, 0.4) is 0 Å². The number of nitrogens with zero attached hydrogens (tertiary/aromatic N) is 1. The van der Waals surface area contributed by atoms with E-state index in [9.17, 15) is 18.0 Å². The molecule has 1 heterocycles. The lowest BCUT2D eigenvalue weighted by molar-refractivity contribution is -0.119. The summed E-state index contributed by atoms with van der Waals surface area (Å²) in [5, 5.41) is 2.90. The van der Waals surface area contributed by atoms with Gasteiger partial charge in [0.2, 0.25) is 10.0 Å². The van der Waals surface area contributed by atoms with Crippen LogP contribution in [-0.4, -0.2) is 44.3 Å². The number of anilines is 1. The van der Waals surface area contributed by atoms with Gasteiger partial charge in [0, 0.05) is 13.1 Å². The lowest BCUT2D eigenvalue weighted by atomic mass is 10.2. The predicted octanol–water partition coefficient (Wildman–Crippen LogP) is 2.92. The van der Waals surface area contributed by atoms with Gasteiger partial charge in [-0.2, -0.15) is 4.31 Å². The highest BCUT2D eigenvalue weighted by Crippen LogP contribution is 2.22. The average Bonchev–Trinajstić information content (AvgIpc) is 3.24. The Bertz CT molecular complexity index is 987. The summed E-state index contributed by atoms with van der Waals surface area (Å²) in [5.74, 6) is -1.34. The summed E-state index contributed by atoms with van der Waals surface area (Å²) in [6, 6.07) is 12.3. The standard InChI is InChI=1S/C19H19ClN2O5S/c20-16-8-1-2-9-17(16)21-18(23)13-27-19(24)14-6-5-7-15(12-14)28(25,26)22-10-3-4-11-22/h1-2,5-9,12H,3-4,10-11,13H2,(H,21,23). The molecule has 1 fully saturated rings. The molecule has 0 spiro atoms. The van der Waals surface area contributed by atoms with E-state index in [-0.39, 0.29) is 10.5 Å². The molecule has 7 nitrogen and oxygen atoms in total. The highest BCUT2D eigenvalue weighted by atomic mass is 35.5. The number of esters is 1. The lowest BCUT2D eigenvalue weighted by Crippen LogP contribution is -2.28. The number of hydrogen-bond acceptors (Lipinski definition) is 5. The first-order chi connectivity index (χ1) is 13.4. The van der Waals surface area contributed by atoms with Gasteiger partial charge < -0.3 is 10.1 Å². The molecular weight excluding hydrogens is 404 g/mol. The largest absolute Gasteiger partial charge is 0.452 e. The minimum absolute atomic E-state index is 0.0318. The third-order valence-corrected chi connectivity index (χ3v) is 6.48. The Kier molecular flexibility index (Phi) is 6.33. The second-order valence-corrected chi connectivity index (χ2v) is 8.59. The summed E-state index contributed by atoms with van der Waals surface area (Å²) in [6.45, 7) is 0.422. The number of para-hydroxylation sites is 1. The molecule has 2 aromatic carbocycles. The third-order valence-electron chi connectivity index (χ3n) is 4.25. The van der Waals surface area contributed by atoms with Crippen LogP contribution in [0.4, 0.5) is 5.69 Å². The molecule has 0 bridgehead atoms. The number of nitrogens with one attached hydrogen (secondary N) is 1. The summed E-state index contributed by atoms with van der Waals surface area (Å²) in [7, 11) is -3.64. The first kappa shape index (κ1) is 20.3. The number of benzene rings is 2. The van der Waals surface area contributed by atoms with Crippen molar-refractivity contribution in [3.05, 3.63) is 59.1 Å². The van der Waals surface area contributed by atoms with E-state index in [1.54, 1.807) is 24.3 Å². The quantitative estimate of drug-likeness (QED) is 0.722. The van der Waals surface area contributed by atoms with Gasteiger partial charge in [-0.15, -0.1) is 0 Å². The highest BCUT2D eigenvalue weighted by Gasteiger charge is 2.27. The Morgan fingerprint density at radius 1 is 1.07 bits per heavy atom. The van der Waals surface area contributed by atoms with Crippen molar-refractivity contribution in [3.63, 3.8) is 0 Å². The zero-order chi connectivity index (χ0) is 20.1. The van der Waals surface area contributed by atoms with Crippen molar-refractivity contribution in [2.45, 2.75) is 17.7 Å². The van der Waals surface area contributed by atoms with Crippen LogP contribution in [0, 0.1) is 0 Å². The zero-order valence-corrected chi connectivity index (χ0v) is 16.5. The van der Waals surface area contributed by atoms with E-state index in [1.165, 1.54) is 28.6 Å². The van der Waals surface area contributed by atoms with Crippen molar-refractivity contribution in [2.24, 2.45) is 0 Å². The van der Waals surface area contributed by atoms with Gasteiger partial charge in [0.05, 0.1) is 21.2 Å². The van der Waals surface area contributed by atoms with E-state index >= 15 is 0 Å². The maximum absolute atomic E-state index is 12.6. The Hall–Kier alpha value is -2.42. The molecule has 9 heteroatoms. The maximum Gasteiger partial charge on any atom is 0.338 e. The van der Waals surface area contributed by atoms with E-state index in [2.05, 4.69) is 5.32 Å². The number of carbonyl (C=O) groups excluding carboxylic acids is 2. The van der Waals surface area contributed by atoms with Crippen LogP contribution in [0.5, 0.6) is 0 Å². The molecule has 1 aliphatic heterocycles. The number of hydrogen-bond donors (Lipinski definition) is 1. The lowest BCUT2D eigenvalue weighted by Gasteiger charge is -2.15. The second kappa shape index (κ2) is 8.72. The summed E-state index contributed by atoms with van der Waals surface area (Å²) < 4.78 is 31.6. The number of halogens is 1. The van der Waals surface area contributed by atoms with E-state index in [1.807, 2.05) is 0 Å². The Balaban J connectivity index is 1.63. The van der Waals surface area contributed by atoms with Crippen LogP contribution in [0.25, 0.3) is 0 Å². The molecule has 1 amide bonds. The summed E-state index contributed by atoms with van der Waals surface area (Å²) in [4.78, 5) is 24.2. The van der Waals surface area contributed by atoms with Gasteiger partial charge in [-0.1, -0.05) is 29.8 Å². The maximum atomic E-state index is 12.6. The van der Waals surface area contributed by atoms with Gasteiger partial charge in [-0.3, -0.25) is 4.79 Å². The van der Waals surface area contributed by atoms with Crippen LogP contribution in [0.1, 0.15) is 23.2 Å². The fourth-order valence-electron chi connectivity index (χ4n) is 2.82. The molecule has 2 aromatic rings. The molecule has 0 unspecified atom stereocenters. The smallest absolute Gasteiger partial charge is 0.338 e. The molecular formula is C19H19ClN2O5S. The number of carbonyl (C=O) groups is 2. The molecule has 3 rings (SSSR count). The normalized spacial score (nSPS) is 14.6. The van der Waals surface area contributed by atoms with Crippen molar-refractivity contribution < 1.29 is 22.7 Å². The predicted molar refractivity (Wildman–Crippen MR) is 105 cm³/mol. The van der Waals surface area contributed by atoms with Gasteiger partial charge in [0.25, 0.3) is 5.91 Å². The second-order valence-electron chi connectivity index (χ2n) is 6.24. The minimum atomic E-state index is -3.64. The zero-order valence-electron chi connectivity index (χ0n) is 14.9. The van der Waals surface area contributed by atoms with Gasteiger partial charge in [-0.25, -0.2) is 13.2 Å². The van der Waals surface area contributed by atoms with E-state index in [0.29, 0.717) is 23.8 Å². The van der Waals surface area contributed by atoms with Crippen LogP contribution >= 0.6 is 11.6 Å². The fourth-order valence-corrected chi connectivity index (χ4v) is 4.57. The summed E-state index contributed by atoms with van der Waals surface area (Å²) >= 11 is 5.96. The molecule has 0 aromatic heterocycles. The number of rotatable bonds is 6. The van der Waals surface area contributed by atoms with Gasteiger partial charge in [-0.05, 0) is 43.2 Å². The molecule has 0 saturated carbocycles. The molecule has 1 aliphatic rings. The first-order valence-corrected chi connectivity index (χ1v) is 10.5. The van der Waals surface area contributed by atoms with E-state index < -0.39 is 28.5 Å².